The fraction of sp³-hybridized carbons (Fsp3) is 0.235. The van der Waals surface area contributed by atoms with Gasteiger partial charge >= 0.3 is 0 Å². The van der Waals surface area contributed by atoms with E-state index in [2.05, 4.69) is 5.32 Å². The molecule has 0 saturated heterocycles. The number of aliphatic hydroxyl groups excluding tert-OH is 1. The van der Waals surface area contributed by atoms with Crippen LogP contribution >= 0.6 is 0 Å². The van der Waals surface area contributed by atoms with Crippen molar-refractivity contribution >= 4 is 5.91 Å². The standard InChI is InChI=1S/C17H20N2O2/c1-17(18,15-8-3-2-4-9-15)16(21)19-11-13-6-5-7-14(10-13)12-20/h2-10,20H,11-12,18H2,1H3,(H,19,21). The van der Waals surface area contributed by atoms with Crippen molar-refractivity contribution in [2.75, 3.05) is 0 Å². The van der Waals surface area contributed by atoms with Gasteiger partial charge in [0.25, 0.3) is 0 Å². The molecule has 0 aliphatic rings. The first-order valence-corrected chi connectivity index (χ1v) is 6.85. The molecule has 0 bridgehead atoms. The molecule has 110 valence electrons. The molecule has 0 saturated carbocycles. The summed E-state index contributed by atoms with van der Waals surface area (Å²) in [5.41, 5.74) is 7.60. The van der Waals surface area contributed by atoms with Crippen LogP contribution in [-0.4, -0.2) is 11.0 Å². The summed E-state index contributed by atoms with van der Waals surface area (Å²) in [6, 6.07) is 16.7. The van der Waals surface area contributed by atoms with E-state index in [0.29, 0.717) is 6.54 Å². The first-order valence-electron chi connectivity index (χ1n) is 6.85. The van der Waals surface area contributed by atoms with E-state index >= 15 is 0 Å². The molecule has 0 aliphatic heterocycles. The van der Waals surface area contributed by atoms with Gasteiger partial charge in [0.1, 0.15) is 5.54 Å². The number of hydrogen-bond donors (Lipinski definition) is 3. The van der Waals surface area contributed by atoms with Crippen LogP contribution in [0.15, 0.2) is 54.6 Å². The number of aliphatic hydroxyl groups is 1. The second-order valence-electron chi connectivity index (χ2n) is 5.23. The monoisotopic (exact) mass is 284 g/mol. The summed E-state index contributed by atoms with van der Waals surface area (Å²) in [5.74, 6) is -0.233. The molecule has 0 aliphatic carbocycles. The van der Waals surface area contributed by atoms with Gasteiger partial charge in [-0.3, -0.25) is 4.79 Å². The lowest BCUT2D eigenvalue weighted by Gasteiger charge is -2.24. The lowest BCUT2D eigenvalue weighted by atomic mass is 9.92. The molecular formula is C17H20N2O2. The van der Waals surface area contributed by atoms with Crippen LogP contribution in [0.5, 0.6) is 0 Å². The molecule has 1 amide bonds. The van der Waals surface area contributed by atoms with Gasteiger partial charge < -0.3 is 16.2 Å². The maximum Gasteiger partial charge on any atom is 0.244 e. The summed E-state index contributed by atoms with van der Waals surface area (Å²) >= 11 is 0. The minimum absolute atomic E-state index is 0.0135. The molecule has 0 aromatic heterocycles. The van der Waals surface area contributed by atoms with E-state index in [0.717, 1.165) is 16.7 Å². The maximum absolute atomic E-state index is 12.3. The average Bonchev–Trinajstić information content (AvgIpc) is 2.53. The molecule has 0 spiro atoms. The summed E-state index contributed by atoms with van der Waals surface area (Å²) in [5, 5.41) is 12.0. The van der Waals surface area contributed by atoms with Gasteiger partial charge in [-0.25, -0.2) is 0 Å². The zero-order chi connectivity index (χ0) is 15.3. The van der Waals surface area contributed by atoms with Gasteiger partial charge in [-0.05, 0) is 23.6 Å². The summed E-state index contributed by atoms with van der Waals surface area (Å²) in [7, 11) is 0. The Morgan fingerprint density at radius 3 is 2.48 bits per heavy atom. The second-order valence-corrected chi connectivity index (χ2v) is 5.23. The number of benzene rings is 2. The molecule has 0 radical (unpaired) electrons. The van der Waals surface area contributed by atoms with Gasteiger partial charge in [-0.1, -0.05) is 54.6 Å². The Balaban J connectivity index is 2.04. The van der Waals surface area contributed by atoms with Crippen molar-refractivity contribution in [1.82, 2.24) is 5.32 Å². The summed E-state index contributed by atoms with van der Waals surface area (Å²) in [4.78, 5) is 12.3. The lowest BCUT2D eigenvalue weighted by Crippen LogP contribution is -2.48. The highest BCUT2D eigenvalue weighted by atomic mass is 16.3. The fourth-order valence-electron chi connectivity index (χ4n) is 2.12. The highest BCUT2D eigenvalue weighted by molar-refractivity contribution is 5.86. The zero-order valence-corrected chi connectivity index (χ0v) is 12.0. The third-order valence-corrected chi connectivity index (χ3v) is 3.47. The lowest BCUT2D eigenvalue weighted by molar-refractivity contribution is -0.126. The molecule has 4 heteroatoms. The van der Waals surface area contributed by atoms with Crippen LogP contribution in [-0.2, 0) is 23.5 Å². The molecule has 2 rings (SSSR count). The van der Waals surface area contributed by atoms with Crippen LogP contribution in [0.25, 0.3) is 0 Å². The Hall–Kier alpha value is -2.17. The van der Waals surface area contributed by atoms with Crippen LogP contribution in [0.3, 0.4) is 0 Å². The van der Waals surface area contributed by atoms with Crippen molar-refractivity contribution in [2.24, 2.45) is 5.73 Å². The second kappa shape index (κ2) is 6.52. The molecule has 2 aromatic carbocycles. The van der Waals surface area contributed by atoms with Crippen molar-refractivity contribution < 1.29 is 9.90 Å². The smallest absolute Gasteiger partial charge is 0.244 e. The van der Waals surface area contributed by atoms with Gasteiger partial charge in [0.15, 0.2) is 0 Å². The van der Waals surface area contributed by atoms with E-state index < -0.39 is 5.54 Å². The molecule has 1 atom stereocenters. The van der Waals surface area contributed by atoms with Gasteiger partial charge in [0, 0.05) is 6.54 Å². The van der Waals surface area contributed by atoms with Crippen LogP contribution < -0.4 is 11.1 Å². The predicted octanol–water partition coefficient (Wildman–Crippen LogP) is 1.67. The predicted molar refractivity (Wildman–Crippen MR) is 82.2 cm³/mol. The van der Waals surface area contributed by atoms with Crippen LogP contribution in [0, 0.1) is 0 Å². The van der Waals surface area contributed by atoms with E-state index in [9.17, 15) is 4.79 Å². The number of amides is 1. The number of rotatable bonds is 5. The Labute approximate surface area is 124 Å². The Bertz CT molecular complexity index is 609. The van der Waals surface area contributed by atoms with Gasteiger partial charge in [-0.2, -0.15) is 0 Å². The molecular weight excluding hydrogens is 264 g/mol. The summed E-state index contributed by atoms with van der Waals surface area (Å²) in [6.07, 6.45) is 0. The van der Waals surface area contributed by atoms with Crippen molar-refractivity contribution in [3.63, 3.8) is 0 Å². The Kier molecular flexibility index (Phi) is 4.73. The molecule has 0 heterocycles. The minimum atomic E-state index is -1.07. The van der Waals surface area contributed by atoms with E-state index in [1.807, 2.05) is 54.6 Å². The molecule has 0 fully saturated rings. The van der Waals surface area contributed by atoms with Gasteiger partial charge in [0.05, 0.1) is 6.61 Å². The summed E-state index contributed by atoms with van der Waals surface area (Å²) < 4.78 is 0. The van der Waals surface area contributed by atoms with Gasteiger partial charge in [0.2, 0.25) is 5.91 Å². The first-order chi connectivity index (χ1) is 10.0. The largest absolute Gasteiger partial charge is 0.392 e. The van der Waals surface area contributed by atoms with Crippen molar-refractivity contribution in [1.29, 1.82) is 0 Å². The topological polar surface area (TPSA) is 75.4 Å². The van der Waals surface area contributed by atoms with E-state index in [-0.39, 0.29) is 12.5 Å². The van der Waals surface area contributed by atoms with E-state index in [4.69, 9.17) is 10.8 Å². The number of hydrogen-bond acceptors (Lipinski definition) is 3. The third-order valence-electron chi connectivity index (χ3n) is 3.47. The normalized spacial score (nSPS) is 13.5. The molecule has 4 N–H and O–H groups in total. The minimum Gasteiger partial charge on any atom is -0.392 e. The molecule has 1 unspecified atom stereocenters. The number of nitrogens with one attached hydrogen (secondary N) is 1. The number of nitrogens with two attached hydrogens (primary N) is 1. The molecule has 4 nitrogen and oxygen atoms in total. The third kappa shape index (κ3) is 3.68. The first kappa shape index (κ1) is 15.2. The van der Waals surface area contributed by atoms with Crippen LogP contribution in [0.1, 0.15) is 23.6 Å². The van der Waals surface area contributed by atoms with E-state index in [1.54, 1.807) is 6.92 Å². The average molecular weight is 284 g/mol. The highest BCUT2D eigenvalue weighted by Gasteiger charge is 2.29. The van der Waals surface area contributed by atoms with E-state index in [1.165, 1.54) is 0 Å². The Morgan fingerprint density at radius 2 is 1.81 bits per heavy atom. The highest BCUT2D eigenvalue weighted by Crippen LogP contribution is 2.17. The number of carbonyl (C=O) groups is 1. The van der Waals surface area contributed by atoms with Crippen LogP contribution in [0.2, 0.25) is 0 Å². The van der Waals surface area contributed by atoms with Crippen LogP contribution in [0.4, 0.5) is 0 Å². The SMILES string of the molecule is CC(N)(C(=O)NCc1cccc(CO)c1)c1ccccc1. The van der Waals surface area contributed by atoms with Crippen molar-refractivity contribution in [3.8, 4) is 0 Å². The zero-order valence-electron chi connectivity index (χ0n) is 12.0. The van der Waals surface area contributed by atoms with Gasteiger partial charge in [-0.15, -0.1) is 0 Å². The molecule has 21 heavy (non-hydrogen) atoms. The molecule has 2 aromatic rings. The summed E-state index contributed by atoms with van der Waals surface area (Å²) in [6.45, 7) is 2.06. The van der Waals surface area contributed by atoms with Crippen molar-refractivity contribution in [2.45, 2.75) is 25.6 Å². The quantitative estimate of drug-likeness (QED) is 0.782. The van der Waals surface area contributed by atoms with Crippen molar-refractivity contribution in [3.05, 3.63) is 71.3 Å². The number of carbonyl (C=O) groups excluding carboxylic acids is 1. The fourth-order valence-corrected chi connectivity index (χ4v) is 2.12. The Morgan fingerprint density at radius 1 is 1.14 bits per heavy atom. The maximum atomic E-state index is 12.3.